The summed E-state index contributed by atoms with van der Waals surface area (Å²) >= 11 is 1.40. The van der Waals surface area contributed by atoms with Crippen molar-refractivity contribution in [2.75, 3.05) is 0 Å². The predicted octanol–water partition coefficient (Wildman–Crippen LogP) is 4.16. The quantitative estimate of drug-likeness (QED) is 0.774. The summed E-state index contributed by atoms with van der Waals surface area (Å²) in [6, 6.07) is 5.52. The number of carbonyl (C=O) groups is 2. The molecule has 0 amide bonds. The van der Waals surface area contributed by atoms with Gasteiger partial charge in [-0.05, 0) is 42.8 Å². The highest BCUT2D eigenvalue weighted by Gasteiger charge is 2.41. The normalized spacial score (nSPS) is 13.7. The van der Waals surface area contributed by atoms with Crippen LogP contribution in [0.1, 0.15) is 59.7 Å². The molecule has 124 valence electrons. The van der Waals surface area contributed by atoms with Crippen molar-refractivity contribution in [2.24, 2.45) is 7.05 Å². The molecule has 0 aliphatic rings. The molecule has 2 rings (SSSR count). The first-order valence-electron chi connectivity index (χ1n) is 7.87. The second kappa shape index (κ2) is 6.71. The van der Waals surface area contributed by atoms with Crippen LogP contribution in [-0.4, -0.2) is 21.4 Å². The highest BCUT2D eigenvalue weighted by molar-refractivity contribution is 7.12. The summed E-state index contributed by atoms with van der Waals surface area (Å²) in [4.78, 5) is 25.4. The zero-order chi connectivity index (χ0) is 17.2. The lowest BCUT2D eigenvalue weighted by Crippen LogP contribution is -2.37. The number of nitrogens with zero attached hydrogens (tertiary/aromatic N) is 1. The van der Waals surface area contributed by atoms with Crippen LogP contribution in [0.4, 0.5) is 0 Å². The number of hydrogen-bond donors (Lipinski definition) is 1. The number of carboxylic acid groups (broad SMARTS) is 1. The fraction of sp³-hybridized carbons (Fsp3) is 0.444. The lowest BCUT2D eigenvalue weighted by atomic mass is 9.77. The Hall–Kier alpha value is -1.88. The molecule has 1 atom stereocenters. The maximum Gasteiger partial charge on any atom is 0.315 e. The van der Waals surface area contributed by atoms with Gasteiger partial charge in [0, 0.05) is 12.7 Å². The van der Waals surface area contributed by atoms with Crippen molar-refractivity contribution in [2.45, 2.75) is 45.4 Å². The molecule has 23 heavy (non-hydrogen) atoms. The highest BCUT2D eigenvalue weighted by atomic mass is 32.1. The van der Waals surface area contributed by atoms with Crippen LogP contribution >= 0.6 is 11.3 Å². The molecule has 0 aliphatic carbocycles. The first kappa shape index (κ1) is 17.5. The Bertz CT molecular complexity index is 715. The molecule has 0 aromatic carbocycles. The average molecular weight is 333 g/mol. The smallest absolute Gasteiger partial charge is 0.315 e. The molecule has 0 saturated heterocycles. The molecule has 0 bridgehead atoms. The van der Waals surface area contributed by atoms with E-state index in [1.54, 1.807) is 17.7 Å². The van der Waals surface area contributed by atoms with Crippen LogP contribution in [0.25, 0.3) is 0 Å². The summed E-state index contributed by atoms with van der Waals surface area (Å²) < 4.78 is 1.78. The van der Waals surface area contributed by atoms with Gasteiger partial charge in [0.15, 0.2) is 0 Å². The van der Waals surface area contributed by atoms with Crippen molar-refractivity contribution < 1.29 is 14.7 Å². The van der Waals surface area contributed by atoms with Crippen molar-refractivity contribution >= 4 is 23.1 Å². The summed E-state index contributed by atoms with van der Waals surface area (Å²) in [5, 5.41) is 11.7. The van der Waals surface area contributed by atoms with E-state index in [-0.39, 0.29) is 5.78 Å². The predicted molar refractivity (Wildman–Crippen MR) is 92.4 cm³/mol. The largest absolute Gasteiger partial charge is 0.481 e. The number of rotatable bonds is 7. The zero-order valence-corrected chi connectivity index (χ0v) is 14.9. The van der Waals surface area contributed by atoms with E-state index in [2.05, 4.69) is 0 Å². The second-order valence-electron chi connectivity index (χ2n) is 5.92. The van der Waals surface area contributed by atoms with Gasteiger partial charge in [-0.3, -0.25) is 9.59 Å². The third kappa shape index (κ3) is 2.85. The van der Waals surface area contributed by atoms with E-state index in [1.807, 2.05) is 38.3 Å². The first-order chi connectivity index (χ1) is 10.9. The maximum absolute atomic E-state index is 12.7. The summed E-state index contributed by atoms with van der Waals surface area (Å²) in [6.07, 6.45) is 1.83. The van der Waals surface area contributed by atoms with Crippen molar-refractivity contribution in [1.82, 2.24) is 4.57 Å². The average Bonchev–Trinajstić information content (AvgIpc) is 3.13. The number of aryl methyl sites for hydroxylation is 1. The van der Waals surface area contributed by atoms with Gasteiger partial charge >= 0.3 is 5.97 Å². The molecule has 1 unspecified atom stereocenters. The van der Waals surface area contributed by atoms with Gasteiger partial charge in [-0.2, -0.15) is 0 Å². The Morgan fingerprint density at radius 2 is 2.04 bits per heavy atom. The van der Waals surface area contributed by atoms with E-state index < -0.39 is 11.4 Å². The molecule has 1 N–H and O–H groups in total. The van der Waals surface area contributed by atoms with Crippen LogP contribution < -0.4 is 0 Å². The van der Waals surface area contributed by atoms with Crippen LogP contribution in [0.15, 0.2) is 23.6 Å². The number of hydrogen-bond acceptors (Lipinski definition) is 3. The van der Waals surface area contributed by atoms with E-state index >= 15 is 0 Å². The molecular formula is C18H23NO3S. The molecule has 0 radical (unpaired) electrons. The Balaban J connectivity index is 2.60. The van der Waals surface area contributed by atoms with Crippen molar-refractivity contribution in [3.05, 3.63) is 45.4 Å². The molecule has 5 heteroatoms. The van der Waals surface area contributed by atoms with Crippen LogP contribution in [0.2, 0.25) is 0 Å². The van der Waals surface area contributed by atoms with E-state index in [4.69, 9.17) is 0 Å². The van der Waals surface area contributed by atoms with Crippen molar-refractivity contribution in [3.63, 3.8) is 0 Å². The fourth-order valence-electron chi connectivity index (χ4n) is 3.35. The monoisotopic (exact) mass is 333 g/mol. The SMILES string of the molecule is CCCC(CC)(C(=O)O)c1cc(C)c(C(=O)c2cccs2)n1C. The molecule has 2 aromatic rings. The summed E-state index contributed by atoms with van der Waals surface area (Å²) in [6.45, 7) is 5.76. The second-order valence-corrected chi connectivity index (χ2v) is 6.87. The summed E-state index contributed by atoms with van der Waals surface area (Å²) in [5.74, 6) is -0.865. The molecule has 0 saturated carbocycles. The van der Waals surface area contributed by atoms with E-state index in [9.17, 15) is 14.7 Å². The van der Waals surface area contributed by atoms with Gasteiger partial charge in [0.2, 0.25) is 5.78 Å². The zero-order valence-electron chi connectivity index (χ0n) is 14.0. The number of aromatic nitrogens is 1. The molecule has 2 heterocycles. The molecule has 0 spiro atoms. The fourth-order valence-corrected chi connectivity index (χ4v) is 4.02. The number of carboxylic acids is 1. The van der Waals surface area contributed by atoms with Gasteiger partial charge in [-0.25, -0.2) is 0 Å². The van der Waals surface area contributed by atoms with Crippen LogP contribution in [0, 0.1) is 6.92 Å². The van der Waals surface area contributed by atoms with E-state index in [0.717, 1.165) is 12.0 Å². The lowest BCUT2D eigenvalue weighted by Gasteiger charge is -2.29. The Morgan fingerprint density at radius 1 is 1.35 bits per heavy atom. The summed E-state index contributed by atoms with van der Waals surface area (Å²) in [5.41, 5.74) is 1.18. The van der Waals surface area contributed by atoms with Crippen LogP contribution in [-0.2, 0) is 17.3 Å². The van der Waals surface area contributed by atoms with Crippen molar-refractivity contribution in [3.8, 4) is 0 Å². The van der Waals surface area contributed by atoms with Gasteiger partial charge < -0.3 is 9.67 Å². The Kier molecular flexibility index (Phi) is 5.09. The number of thiophene rings is 1. The minimum absolute atomic E-state index is 0.0434. The van der Waals surface area contributed by atoms with Crippen LogP contribution in [0.5, 0.6) is 0 Å². The molecule has 4 nitrogen and oxygen atoms in total. The highest BCUT2D eigenvalue weighted by Crippen LogP contribution is 2.36. The summed E-state index contributed by atoms with van der Waals surface area (Å²) in [7, 11) is 1.80. The number of aliphatic carboxylic acids is 1. The van der Waals surface area contributed by atoms with Crippen LogP contribution in [0.3, 0.4) is 0 Å². The third-order valence-corrected chi connectivity index (χ3v) is 5.43. The lowest BCUT2D eigenvalue weighted by molar-refractivity contribution is -0.144. The molecule has 2 aromatic heterocycles. The Labute approximate surface area is 140 Å². The first-order valence-corrected chi connectivity index (χ1v) is 8.75. The topological polar surface area (TPSA) is 59.3 Å². The van der Waals surface area contributed by atoms with Gasteiger partial charge in [0.1, 0.15) is 5.41 Å². The van der Waals surface area contributed by atoms with Gasteiger partial charge in [0.25, 0.3) is 0 Å². The van der Waals surface area contributed by atoms with E-state index in [1.165, 1.54) is 11.3 Å². The van der Waals surface area contributed by atoms with Gasteiger partial charge in [-0.15, -0.1) is 11.3 Å². The standard InChI is InChI=1S/C18H23NO3S/c1-5-9-18(6-2,17(21)22)14-11-12(3)15(19(14)4)16(20)13-8-7-10-23-13/h7-8,10-11H,5-6,9H2,1-4H3,(H,21,22). The Morgan fingerprint density at radius 3 is 2.52 bits per heavy atom. The number of ketones is 1. The minimum Gasteiger partial charge on any atom is -0.481 e. The van der Waals surface area contributed by atoms with Gasteiger partial charge in [0.05, 0.1) is 10.6 Å². The molecular weight excluding hydrogens is 310 g/mol. The molecule has 0 aliphatic heterocycles. The molecule has 0 fully saturated rings. The number of carbonyl (C=O) groups excluding carboxylic acids is 1. The third-order valence-electron chi connectivity index (χ3n) is 4.56. The van der Waals surface area contributed by atoms with Crippen molar-refractivity contribution in [1.29, 1.82) is 0 Å². The maximum atomic E-state index is 12.7. The minimum atomic E-state index is -0.942. The van der Waals surface area contributed by atoms with Gasteiger partial charge in [-0.1, -0.05) is 26.3 Å². The van der Waals surface area contributed by atoms with E-state index in [0.29, 0.717) is 29.1 Å².